The highest BCUT2D eigenvalue weighted by Gasteiger charge is 2.37. The standard InChI is InChI=1S/C18H36O4Si/c1-8-23(9-2,10-3)22-18(13(4)5)15(7)17(21)12-16(20)11-14(6)19/h13,15,17-18,21H,8-12H2,1-7H3/t15-,17+,18+/m0/s1. The maximum absolute atomic E-state index is 11.8. The second kappa shape index (κ2) is 10.4. The molecule has 0 fully saturated rings. The van der Waals surface area contributed by atoms with Gasteiger partial charge in [-0.05, 0) is 31.0 Å². The van der Waals surface area contributed by atoms with E-state index in [-0.39, 0.29) is 42.3 Å². The van der Waals surface area contributed by atoms with Crippen LogP contribution < -0.4 is 0 Å². The normalized spacial score (nSPS) is 16.2. The molecule has 0 spiro atoms. The van der Waals surface area contributed by atoms with Gasteiger partial charge in [-0.2, -0.15) is 0 Å². The quantitative estimate of drug-likeness (QED) is 0.430. The van der Waals surface area contributed by atoms with Gasteiger partial charge in [-0.15, -0.1) is 0 Å². The molecule has 3 atom stereocenters. The molecule has 23 heavy (non-hydrogen) atoms. The number of ketones is 2. The lowest BCUT2D eigenvalue weighted by molar-refractivity contribution is -0.127. The van der Waals surface area contributed by atoms with Crippen LogP contribution >= 0.6 is 0 Å². The Morgan fingerprint density at radius 3 is 1.87 bits per heavy atom. The number of hydrogen-bond acceptors (Lipinski definition) is 4. The molecule has 0 aliphatic carbocycles. The summed E-state index contributed by atoms with van der Waals surface area (Å²) in [6, 6.07) is 3.19. The summed E-state index contributed by atoms with van der Waals surface area (Å²) in [5.41, 5.74) is 0. The van der Waals surface area contributed by atoms with Crippen molar-refractivity contribution in [2.75, 3.05) is 0 Å². The number of aliphatic hydroxyl groups excluding tert-OH is 1. The van der Waals surface area contributed by atoms with Gasteiger partial charge in [0.1, 0.15) is 11.6 Å². The van der Waals surface area contributed by atoms with Crippen LogP contribution in [0.25, 0.3) is 0 Å². The van der Waals surface area contributed by atoms with Crippen LogP contribution in [0.1, 0.15) is 61.3 Å². The van der Waals surface area contributed by atoms with E-state index in [0.29, 0.717) is 0 Å². The van der Waals surface area contributed by atoms with Gasteiger partial charge in [-0.3, -0.25) is 9.59 Å². The van der Waals surface area contributed by atoms with Gasteiger partial charge in [0, 0.05) is 12.3 Å². The second-order valence-corrected chi connectivity index (χ2v) is 11.8. The first kappa shape index (κ1) is 22.5. The van der Waals surface area contributed by atoms with Gasteiger partial charge in [0.15, 0.2) is 8.32 Å². The lowest BCUT2D eigenvalue weighted by Crippen LogP contribution is -2.46. The third-order valence-electron chi connectivity index (χ3n) is 4.98. The molecule has 0 radical (unpaired) electrons. The Morgan fingerprint density at radius 1 is 1.04 bits per heavy atom. The minimum atomic E-state index is -1.77. The number of aliphatic hydroxyl groups is 1. The van der Waals surface area contributed by atoms with Crippen LogP contribution in [0.5, 0.6) is 0 Å². The molecule has 0 aliphatic heterocycles. The summed E-state index contributed by atoms with van der Waals surface area (Å²) in [4.78, 5) is 22.8. The van der Waals surface area contributed by atoms with E-state index in [0.717, 1.165) is 18.1 Å². The van der Waals surface area contributed by atoms with Crippen molar-refractivity contribution in [2.24, 2.45) is 11.8 Å². The highest BCUT2D eigenvalue weighted by molar-refractivity contribution is 6.73. The maximum atomic E-state index is 11.8. The first-order valence-corrected chi connectivity index (χ1v) is 11.5. The molecule has 0 aromatic heterocycles. The minimum Gasteiger partial charge on any atom is -0.413 e. The van der Waals surface area contributed by atoms with E-state index in [1.807, 2.05) is 6.92 Å². The van der Waals surface area contributed by atoms with Crippen molar-refractivity contribution in [1.82, 2.24) is 0 Å². The average Bonchev–Trinajstić information content (AvgIpc) is 2.47. The van der Waals surface area contributed by atoms with Crippen molar-refractivity contribution >= 4 is 19.9 Å². The first-order valence-electron chi connectivity index (χ1n) is 8.99. The van der Waals surface area contributed by atoms with Crippen LogP contribution in [-0.2, 0) is 14.0 Å². The van der Waals surface area contributed by atoms with Gasteiger partial charge in [-0.1, -0.05) is 41.5 Å². The summed E-state index contributed by atoms with van der Waals surface area (Å²) in [7, 11) is -1.77. The largest absolute Gasteiger partial charge is 0.413 e. The molecule has 5 heteroatoms. The van der Waals surface area contributed by atoms with Crippen molar-refractivity contribution < 1.29 is 19.1 Å². The zero-order valence-electron chi connectivity index (χ0n) is 16.0. The molecule has 0 aliphatic rings. The fraction of sp³-hybridized carbons (Fsp3) is 0.889. The molecular weight excluding hydrogens is 308 g/mol. The van der Waals surface area contributed by atoms with E-state index in [4.69, 9.17) is 4.43 Å². The lowest BCUT2D eigenvalue weighted by Gasteiger charge is -2.39. The Hall–Kier alpha value is -0.523. The number of hydrogen-bond donors (Lipinski definition) is 1. The highest BCUT2D eigenvalue weighted by atomic mass is 28.4. The van der Waals surface area contributed by atoms with Gasteiger partial charge in [0.25, 0.3) is 0 Å². The van der Waals surface area contributed by atoms with Gasteiger partial charge in [0.2, 0.25) is 0 Å². The molecule has 4 nitrogen and oxygen atoms in total. The summed E-state index contributed by atoms with van der Waals surface area (Å²) in [5, 5.41) is 10.4. The van der Waals surface area contributed by atoms with Gasteiger partial charge in [0.05, 0.1) is 18.6 Å². The van der Waals surface area contributed by atoms with Crippen molar-refractivity contribution in [3.8, 4) is 0 Å². The molecule has 0 bridgehead atoms. The maximum Gasteiger partial charge on any atom is 0.192 e. The fourth-order valence-electron chi connectivity index (χ4n) is 3.13. The fourth-order valence-corrected chi connectivity index (χ4v) is 6.19. The Bertz CT molecular complexity index is 369. The van der Waals surface area contributed by atoms with Crippen LogP contribution in [0, 0.1) is 11.8 Å². The van der Waals surface area contributed by atoms with E-state index >= 15 is 0 Å². The zero-order valence-corrected chi connectivity index (χ0v) is 17.0. The smallest absolute Gasteiger partial charge is 0.192 e. The number of rotatable bonds is 12. The molecule has 0 rings (SSSR count). The van der Waals surface area contributed by atoms with E-state index < -0.39 is 14.4 Å². The number of carbonyl (C=O) groups is 2. The summed E-state index contributed by atoms with van der Waals surface area (Å²) in [6.45, 7) is 14.1. The third kappa shape index (κ3) is 7.27. The Balaban J connectivity index is 5.01. The van der Waals surface area contributed by atoms with Gasteiger partial charge < -0.3 is 9.53 Å². The van der Waals surface area contributed by atoms with Crippen LogP contribution in [0.3, 0.4) is 0 Å². The number of Topliss-reactive ketones (excluding diaryl/α,β-unsaturated/α-hetero) is 2. The molecule has 1 N–H and O–H groups in total. The molecule has 0 aromatic carbocycles. The van der Waals surface area contributed by atoms with Crippen molar-refractivity contribution in [3.05, 3.63) is 0 Å². The van der Waals surface area contributed by atoms with Crippen LogP contribution in [0.2, 0.25) is 18.1 Å². The Morgan fingerprint density at radius 2 is 1.52 bits per heavy atom. The molecule has 0 amide bonds. The van der Waals surface area contributed by atoms with E-state index in [1.54, 1.807) is 0 Å². The Labute approximate surface area is 143 Å². The van der Waals surface area contributed by atoms with Crippen LogP contribution in [-0.4, -0.2) is 37.2 Å². The highest BCUT2D eigenvalue weighted by Crippen LogP contribution is 2.30. The average molecular weight is 345 g/mol. The third-order valence-corrected chi connectivity index (χ3v) is 9.62. The van der Waals surface area contributed by atoms with Gasteiger partial charge >= 0.3 is 0 Å². The Kier molecular flexibility index (Phi) is 10.1. The molecular formula is C18H36O4Si. The van der Waals surface area contributed by atoms with Crippen molar-refractivity contribution in [1.29, 1.82) is 0 Å². The molecule has 0 saturated carbocycles. The summed E-state index contributed by atoms with van der Waals surface area (Å²) < 4.78 is 6.59. The molecule has 0 heterocycles. The molecule has 136 valence electrons. The van der Waals surface area contributed by atoms with E-state index in [1.165, 1.54) is 6.92 Å². The summed E-state index contributed by atoms with van der Waals surface area (Å²) >= 11 is 0. The van der Waals surface area contributed by atoms with E-state index in [9.17, 15) is 14.7 Å². The van der Waals surface area contributed by atoms with E-state index in [2.05, 4.69) is 34.6 Å². The number of carbonyl (C=O) groups excluding carboxylic acids is 2. The monoisotopic (exact) mass is 344 g/mol. The van der Waals surface area contributed by atoms with Crippen molar-refractivity contribution in [3.63, 3.8) is 0 Å². The van der Waals surface area contributed by atoms with Crippen LogP contribution in [0.15, 0.2) is 0 Å². The first-order chi connectivity index (χ1) is 10.6. The zero-order chi connectivity index (χ0) is 18.2. The molecule has 0 unspecified atom stereocenters. The second-order valence-electron chi connectivity index (χ2n) is 7.12. The molecule has 0 saturated heterocycles. The van der Waals surface area contributed by atoms with Gasteiger partial charge in [-0.25, -0.2) is 0 Å². The van der Waals surface area contributed by atoms with Crippen LogP contribution in [0.4, 0.5) is 0 Å². The SMILES string of the molecule is CC[Si](CC)(CC)O[C@H](C(C)C)[C@@H](C)[C@H](O)CC(=O)CC(C)=O. The summed E-state index contributed by atoms with van der Waals surface area (Å²) in [6.07, 6.45) is -0.867. The minimum absolute atomic E-state index is 0.0340. The summed E-state index contributed by atoms with van der Waals surface area (Å²) in [5.74, 6) is -0.188. The topological polar surface area (TPSA) is 63.6 Å². The molecule has 0 aromatic rings. The predicted octanol–water partition coefficient (Wildman–Crippen LogP) is 3.97. The lowest BCUT2D eigenvalue weighted by atomic mass is 9.88. The van der Waals surface area contributed by atoms with Crippen molar-refractivity contribution in [2.45, 2.75) is 91.6 Å². The predicted molar refractivity (Wildman–Crippen MR) is 97.0 cm³/mol.